The van der Waals surface area contributed by atoms with Crippen LogP contribution in [0.3, 0.4) is 0 Å². The quantitative estimate of drug-likeness (QED) is 0.888. The summed E-state index contributed by atoms with van der Waals surface area (Å²) < 4.78 is 11.6. The maximum atomic E-state index is 5.86. The van der Waals surface area contributed by atoms with Crippen LogP contribution < -0.4 is 5.32 Å². The molecule has 19 heavy (non-hydrogen) atoms. The van der Waals surface area contributed by atoms with Crippen LogP contribution in [-0.2, 0) is 17.8 Å². The van der Waals surface area contributed by atoms with E-state index < -0.39 is 0 Å². The molecule has 0 saturated carbocycles. The molecule has 0 aromatic carbocycles. The fourth-order valence-electron chi connectivity index (χ4n) is 2.54. The number of hydrogen-bond donors (Lipinski definition) is 1. The van der Waals surface area contributed by atoms with Crippen LogP contribution in [0, 0.1) is 0 Å². The van der Waals surface area contributed by atoms with Crippen molar-refractivity contribution in [3.8, 4) is 0 Å². The predicted molar refractivity (Wildman–Crippen MR) is 76.0 cm³/mol. The lowest BCUT2D eigenvalue weighted by Gasteiger charge is -2.34. The van der Waals surface area contributed by atoms with Gasteiger partial charge < -0.3 is 14.5 Å². The molecular weight excluding hydrogens is 240 g/mol. The fraction of sp³-hybridized carbons (Fsp3) is 0.733. The van der Waals surface area contributed by atoms with Gasteiger partial charge in [0.1, 0.15) is 11.5 Å². The third kappa shape index (κ3) is 4.64. The minimum atomic E-state index is 0.306. The molecule has 1 aromatic rings. The number of rotatable bonds is 5. The van der Waals surface area contributed by atoms with E-state index in [-0.39, 0.29) is 0 Å². The average Bonchev–Trinajstić information content (AvgIpc) is 2.72. The Morgan fingerprint density at radius 2 is 1.84 bits per heavy atom. The van der Waals surface area contributed by atoms with Crippen LogP contribution >= 0.6 is 0 Å². The van der Waals surface area contributed by atoms with Crippen molar-refractivity contribution in [2.75, 3.05) is 13.1 Å². The summed E-state index contributed by atoms with van der Waals surface area (Å²) in [6.45, 7) is 12.2. The van der Waals surface area contributed by atoms with Crippen molar-refractivity contribution in [1.82, 2.24) is 10.2 Å². The van der Waals surface area contributed by atoms with Crippen LogP contribution in [0.5, 0.6) is 0 Å². The first-order chi connectivity index (χ1) is 9.02. The number of morpholine rings is 1. The number of hydrogen-bond acceptors (Lipinski definition) is 4. The van der Waals surface area contributed by atoms with Gasteiger partial charge in [0.2, 0.25) is 0 Å². The SMILES string of the molecule is CC(C)NCc1ccc(CN2C[C@@H](C)O[C@@H](C)C2)o1. The van der Waals surface area contributed by atoms with Crippen LogP contribution in [0.25, 0.3) is 0 Å². The van der Waals surface area contributed by atoms with Crippen LogP contribution in [0.4, 0.5) is 0 Å². The fourth-order valence-corrected chi connectivity index (χ4v) is 2.54. The third-order valence-corrected chi connectivity index (χ3v) is 3.28. The minimum Gasteiger partial charge on any atom is -0.463 e. The maximum Gasteiger partial charge on any atom is 0.118 e. The van der Waals surface area contributed by atoms with Gasteiger partial charge in [-0.25, -0.2) is 0 Å². The Bertz CT molecular complexity index is 379. The highest BCUT2D eigenvalue weighted by Gasteiger charge is 2.22. The largest absolute Gasteiger partial charge is 0.463 e. The molecule has 0 bridgehead atoms. The van der Waals surface area contributed by atoms with Crippen molar-refractivity contribution in [1.29, 1.82) is 0 Å². The molecule has 0 radical (unpaired) electrons. The van der Waals surface area contributed by atoms with Crippen LogP contribution in [0.1, 0.15) is 39.2 Å². The zero-order valence-corrected chi connectivity index (χ0v) is 12.5. The third-order valence-electron chi connectivity index (χ3n) is 3.28. The first-order valence-corrected chi connectivity index (χ1v) is 7.21. The summed E-state index contributed by atoms with van der Waals surface area (Å²) in [5.74, 6) is 2.06. The molecule has 2 rings (SSSR count). The highest BCUT2D eigenvalue weighted by Crippen LogP contribution is 2.16. The Kier molecular flexibility index (Phi) is 5.02. The first kappa shape index (κ1) is 14.6. The summed E-state index contributed by atoms with van der Waals surface area (Å²) >= 11 is 0. The van der Waals surface area contributed by atoms with Crippen molar-refractivity contribution in [3.63, 3.8) is 0 Å². The molecule has 0 spiro atoms. The number of nitrogens with one attached hydrogen (secondary N) is 1. The van der Waals surface area contributed by atoms with E-state index in [0.717, 1.165) is 37.7 Å². The summed E-state index contributed by atoms with van der Waals surface area (Å²) in [6.07, 6.45) is 0.613. The van der Waals surface area contributed by atoms with E-state index in [2.05, 4.69) is 50.0 Å². The summed E-state index contributed by atoms with van der Waals surface area (Å²) in [6, 6.07) is 4.63. The normalized spacial score (nSPS) is 25.1. The molecule has 4 nitrogen and oxygen atoms in total. The van der Waals surface area contributed by atoms with Gasteiger partial charge in [0.25, 0.3) is 0 Å². The lowest BCUT2D eigenvalue weighted by molar-refractivity contribution is -0.0718. The maximum absolute atomic E-state index is 5.86. The summed E-state index contributed by atoms with van der Waals surface area (Å²) in [7, 11) is 0. The monoisotopic (exact) mass is 266 g/mol. The van der Waals surface area contributed by atoms with Crippen molar-refractivity contribution < 1.29 is 9.15 Å². The Hall–Kier alpha value is -0.840. The summed E-state index contributed by atoms with van der Waals surface area (Å²) in [5, 5.41) is 3.37. The van der Waals surface area contributed by atoms with E-state index in [1.807, 2.05) is 0 Å². The number of ether oxygens (including phenoxy) is 1. The lowest BCUT2D eigenvalue weighted by atomic mass is 10.2. The van der Waals surface area contributed by atoms with Gasteiger partial charge in [0, 0.05) is 19.1 Å². The van der Waals surface area contributed by atoms with Gasteiger partial charge in [0.05, 0.1) is 25.3 Å². The molecule has 2 heterocycles. The molecule has 0 amide bonds. The van der Waals surface area contributed by atoms with Crippen LogP contribution in [0.15, 0.2) is 16.5 Å². The molecule has 1 aromatic heterocycles. The van der Waals surface area contributed by atoms with Crippen molar-refractivity contribution >= 4 is 0 Å². The lowest BCUT2D eigenvalue weighted by Crippen LogP contribution is -2.44. The summed E-state index contributed by atoms with van der Waals surface area (Å²) in [5.41, 5.74) is 0. The van der Waals surface area contributed by atoms with E-state index >= 15 is 0 Å². The van der Waals surface area contributed by atoms with Gasteiger partial charge >= 0.3 is 0 Å². The van der Waals surface area contributed by atoms with Crippen molar-refractivity contribution in [2.24, 2.45) is 0 Å². The van der Waals surface area contributed by atoms with Gasteiger partial charge in [-0.15, -0.1) is 0 Å². The molecule has 0 unspecified atom stereocenters. The predicted octanol–water partition coefficient (Wildman–Crippen LogP) is 2.39. The van der Waals surface area contributed by atoms with Gasteiger partial charge in [-0.2, -0.15) is 0 Å². The molecule has 108 valence electrons. The van der Waals surface area contributed by atoms with Gasteiger partial charge in [-0.05, 0) is 26.0 Å². The Balaban J connectivity index is 1.85. The standard InChI is InChI=1S/C15H26N2O2/c1-11(2)16-7-14-5-6-15(19-14)10-17-8-12(3)18-13(4)9-17/h5-6,11-13,16H,7-10H2,1-4H3/t12-,13+. The molecule has 1 aliphatic rings. The van der Waals surface area contributed by atoms with E-state index in [4.69, 9.17) is 9.15 Å². The second kappa shape index (κ2) is 6.55. The van der Waals surface area contributed by atoms with Crippen LogP contribution in [0.2, 0.25) is 0 Å². The van der Waals surface area contributed by atoms with E-state index in [0.29, 0.717) is 18.2 Å². The van der Waals surface area contributed by atoms with E-state index in [1.165, 1.54) is 0 Å². The Morgan fingerprint density at radius 3 is 2.47 bits per heavy atom. The van der Waals surface area contributed by atoms with E-state index in [9.17, 15) is 0 Å². The second-order valence-corrected chi connectivity index (χ2v) is 5.86. The topological polar surface area (TPSA) is 37.6 Å². The highest BCUT2D eigenvalue weighted by molar-refractivity contribution is 5.07. The summed E-state index contributed by atoms with van der Waals surface area (Å²) in [4.78, 5) is 2.40. The van der Waals surface area contributed by atoms with Gasteiger partial charge in [-0.1, -0.05) is 13.8 Å². The van der Waals surface area contributed by atoms with E-state index in [1.54, 1.807) is 0 Å². The second-order valence-electron chi connectivity index (χ2n) is 5.86. The zero-order chi connectivity index (χ0) is 13.8. The number of furan rings is 1. The van der Waals surface area contributed by atoms with Gasteiger partial charge in [-0.3, -0.25) is 4.90 Å². The highest BCUT2D eigenvalue weighted by atomic mass is 16.5. The molecule has 2 atom stereocenters. The number of nitrogens with zero attached hydrogens (tertiary/aromatic N) is 1. The first-order valence-electron chi connectivity index (χ1n) is 7.21. The molecule has 0 aliphatic carbocycles. The van der Waals surface area contributed by atoms with Crippen LogP contribution in [-0.4, -0.2) is 36.2 Å². The van der Waals surface area contributed by atoms with Crippen molar-refractivity contribution in [3.05, 3.63) is 23.7 Å². The Morgan fingerprint density at radius 1 is 1.21 bits per heavy atom. The van der Waals surface area contributed by atoms with Crippen molar-refractivity contribution in [2.45, 2.75) is 59.0 Å². The molecule has 4 heteroatoms. The molecule has 1 fully saturated rings. The minimum absolute atomic E-state index is 0.306. The molecule has 1 N–H and O–H groups in total. The Labute approximate surface area is 116 Å². The molecule has 1 aliphatic heterocycles. The smallest absolute Gasteiger partial charge is 0.118 e. The molecular formula is C15H26N2O2. The zero-order valence-electron chi connectivity index (χ0n) is 12.5. The molecule has 1 saturated heterocycles. The average molecular weight is 266 g/mol. The van der Waals surface area contributed by atoms with Gasteiger partial charge in [0.15, 0.2) is 0 Å².